The van der Waals surface area contributed by atoms with E-state index in [4.69, 9.17) is 4.42 Å². The zero-order valence-electron chi connectivity index (χ0n) is 13.3. The van der Waals surface area contributed by atoms with Crippen molar-refractivity contribution in [3.63, 3.8) is 0 Å². The Labute approximate surface area is 127 Å². The molecule has 0 spiro atoms. The van der Waals surface area contributed by atoms with Gasteiger partial charge in [0.25, 0.3) is 0 Å². The number of hydrogen-bond acceptors (Lipinski definition) is 4. The summed E-state index contributed by atoms with van der Waals surface area (Å²) in [6.45, 7) is 14.1. The van der Waals surface area contributed by atoms with Crippen molar-refractivity contribution in [2.24, 2.45) is 0 Å². The predicted molar refractivity (Wildman–Crippen MR) is 87.3 cm³/mol. The minimum atomic E-state index is 0.366. The van der Waals surface area contributed by atoms with Crippen LogP contribution in [0.25, 0.3) is 0 Å². The molecule has 1 aliphatic heterocycles. The van der Waals surface area contributed by atoms with Gasteiger partial charge in [0, 0.05) is 23.6 Å². The first-order valence-corrected chi connectivity index (χ1v) is 8.64. The predicted octanol–water partition coefficient (Wildman–Crippen LogP) is 3.42. The molecule has 0 saturated carbocycles. The minimum absolute atomic E-state index is 0.366. The van der Waals surface area contributed by atoms with Crippen molar-refractivity contribution in [3.8, 4) is 0 Å². The van der Waals surface area contributed by atoms with Crippen molar-refractivity contribution in [2.45, 2.75) is 52.0 Å². The second-order valence-electron chi connectivity index (χ2n) is 6.31. The van der Waals surface area contributed by atoms with E-state index in [1.165, 1.54) is 11.3 Å². The Balaban J connectivity index is 1.91. The number of hydrogen-bond donors (Lipinski definition) is 1. The van der Waals surface area contributed by atoms with Crippen LogP contribution in [0, 0.1) is 6.92 Å². The second kappa shape index (κ2) is 7.01. The van der Waals surface area contributed by atoms with Gasteiger partial charge in [0.2, 0.25) is 0 Å². The van der Waals surface area contributed by atoms with Gasteiger partial charge in [-0.3, -0.25) is 4.90 Å². The summed E-state index contributed by atoms with van der Waals surface area (Å²) in [5, 5.41) is 3.41. The van der Waals surface area contributed by atoms with Crippen LogP contribution in [0.15, 0.2) is 10.5 Å². The van der Waals surface area contributed by atoms with Gasteiger partial charge in [-0.15, -0.1) is 0 Å². The van der Waals surface area contributed by atoms with E-state index in [0.717, 1.165) is 50.7 Å². The number of aryl methyl sites for hydroxylation is 1. The molecule has 1 N–H and O–H groups in total. The highest BCUT2D eigenvalue weighted by atomic mass is 32.2. The molecule has 0 aromatic carbocycles. The molecular weight excluding hydrogens is 268 g/mol. The minimum Gasteiger partial charge on any atom is -0.463 e. The fourth-order valence-electron chi connectivity index (χ4n) is 2.69. The molecule has 0 radical (unpaired) electrons. The fraction of sp³-hybridized carbons (Fsp3) is 0.750. The highest BCUT2D eigenvalue weighted by molar-refractivity contribution is 8.00. The van der Waals surface area contributed by atoms with Crippen LogP contribution in [-0.2, 0) is 13.1 Å². The summed E-state index contributed by atoms with van der Waals surface area (Å²) in [6, 6.07) is 2.21. The summed E-state index contributed by atoms with van der Waals surface area (Å²) in [7, 11) is 0. The standard InChI is InChI=1S/C16H28N2OS/c1-5-6-17-10-15-13(2)9-14(19-15)11-18-7-8-20-16(3,4)12-18/h9,17H,5-8,10-12H2,1-4H3. The van der Waals surface area contributed by atoms with Gasteiger partial charge < -0.3 is 9.73 Å². The van der Waals surface area contributed by atoms with Crippen LogP contribution in [0.3, 0.4) is 0 Å². The highest BCUT2D eigenvalue weighted by Gasteiger charge is 2.27. The Bertz CT molecular complexity index is 428. The Morgan fingerprint density at radius 1 is 1.45 bits per heavy atom. The SMILES string of the molecule is CCCNCc1oc(CN2CCSC(C)(C)C2)cc1C. The fourth-order valence-corrected chi connectivity index (χ4v) is 3.87. The smallest absolute Gasteiger partial charge is 0.120 e. The average Bonchev–Trinajstić information content (AvgIpc) is 2.69. The summed E-state index contributed by atoms with van der Waals surface area (Å²) in [6.07, 6.45) is 1.16. The molecule has 0 aliphatic carbocycles. The van der Waals surface area contributed by atoms with Crippen LogP contribution in [-0.4, -0.2) is 35.0 Å². The monoisotopic (exact) mass is 296 g/mol. The molecule has 2 rings (SSSR count). The number of nitrogens with one attached hydrogen (secondary N) is 1. The Kier molecular flexibility index (Phi) is 5.58. The molecule has 1 fully saturated rings. The normalized spacial score (nSPS) is 19.4. The van der Waals surface area contributed by atoms with Crippen LogP contribution in [0.1, 0.15) is 44.3 Å². The van der Waals surface area contributed by atoms with Gasteiger partial charge in [0.05, 0.1) is 13.1 Å². The van der Waals surface area contributed by atoms with Crippen LogP contribution in [0.4, 0.5) is 0 Å². The van der Waals surface area contributed by atoms with Crippen molar-refractivity contribution in [2.75, 3.05) is 25.4 Å². The summed E-state index contributed by atoms with van der Waals surface area (Å²) in [5.41, 5.74) is 1.27. The molecule has 2 heterocycles. The van der Waals surface area contributed by atoms with Crippen molar-refractivity contribution in [1.82, 2.24) is 10.2 Å². The quantitative estimate of drug-likeness (QED) is 0.814. The third-order valence-corrected chi connectivity index (χ3v) is 4.97. The van der Waals surface area contributed by atoms with E-state index >= 15 is 0 Å². The average molecular weight is 296 g/mol. The molecule has 114 valence electrons. The number of nitrogens with zero attached hydrogens (tertiary/aromatic N) is 1. The van der Waals surface area contributed by atoms with Gasteiger partial charge in [0.1, 0.15) is 11.5 Å². The first-order chi connectivity index (χ1) is 9.50. The first-order valence-electron chi connectivity index (χ1n) is 7.65. The summed E-state index contributed by atoms with van der Waals surface area (Å²) >= 11 is 2.07. The van der Waals surface area contributed by atoms with Gasteiger partial charge in [-0.05, 0) is 45.4 Å². The van der Waals surface area contributed by atoms with Crippen molar-refractivity contribution in [3.05, 3.63) is 23.2 Å². The van der Waals surface area contributed by atoms with Crippen LogP contribution in [0.5, 0.6) is 0 Å². The van der Waals surface area contributed by atoms with E-state index in [9.17, 15) is 0 Å². The van der Waals surface area contributed by atoms with E-state index < -0.39 is 0 Å². The number of rotatable bonds is 6. The summed E-state index contributed by atoms with van der Waals surface area (Å²) in [5.74, 6) is 3.43. The van der Waals surface area contributed by atoms with Crippen LogP contribution < -0.4 is 5.32 Å². The second-order valence-corrected chi connectivity index (χ2v) is 8.12. The van der Waals surface area contributed by atoms with Crippen molar-refractivity contribution < 1.29 is 4.42 Å². The van der Waals surface area contributed by atoms with Gasteiger partial charge in [0.15, 0.2) is 0 Å². The molecule has 4 heteroatoms. The molecule has 1 aromatic heterocycles. The zero-order chi connectivity index (χ0) is 14.6. The molecule has 20 heavy (non-hydrogen) atoms. The Hall–Kier alpha value is -0.450. The largest absolute Gasteiger partial charge is 0.463 e. The number of furan rings is 1. The lowest BCUT2D eigenvalue weighted by atomic mass is 10.2. The van der Waals surface area contributed by atoms with Gasteiger partial charge >= 0.3 is 0 Å². The third-order valence-electron chi connectivity index (χ3n) is 3.67. The maximum Gasteiger partial charge on any atom is 0.120 e. The number of thioether (sulfide) groups is 1. The van der Waals surface area contributed by atoms with E-state index in [-0.39, 0.29) is 0 Å². The Morgan fingerprint density at radius 2 is 2.25 bits per heavy atom. The van der Waals surface area contributed by atoms with Crippen LogP contribution >= 0.6 is 11.8 Å². The van der Waals surface area contributed by atoms with Gasteiger partial charge in [-0.25, -0.2) is 0 Å². The molecular formula is C16H28N2OS. The summed E-state index contributed by atoms with van der Waals surface area (Å²) < 4.78 is 6.39. The van der Waals surface area contributed by atoms with Crippen molar-refractivity contribution >= 4 is 11.8 Å². The van der Waals surface area contributed by atoms with Gasteiger partial charge in [-0.1, -0.05) is 6.92 Å². The molecule has 1 aromatic rings. The van der Waals surface area contributed by atoms with E-state index in [0.29, 0.717) is 4.75 Å². The molecule has 0 amide bonds. The zero-order valence-corrected chi connectivity index (χ0v) is 14.1. The first kappa shape index (κ1) is 15.9. The maximum absolute atomic E-state index is 6.02. The van der Waals surface area contributed by atoms with E-state index in [1.54, 1.807) is 0 Å². The van der Waals surface area contributed by atoms with Gasteiger partial charge in [-0.2, -0.15) is 11.8 Å². The molecule has 0 bridgehead atoms. The third kappa shape index (κ3) is 4.54. The topological polar surface area (TPSA) is 28.4 Å². The maximum atomic E-state index is 6.02. The Morgan fingerprint density at radius 3 is 2.95 bits per heavy atom. The van der Waals surface area contributed by atoms with Crippen molar-refractivity contribution in [1.29, 1.82) is 0 Å². The lowest BCUT2D eigenvalue weighted by Gasteiger charge is -2.37. The highest BCUT2D eigenvalue weighted by Crippen LogP contribution is 2.30. The lowest BCUT2D eigenvalue weighted by Crippen LogP contribution is -2.42. The summed E-state index contributed by atoms with van der Waals surface area (Å²) in [4.78, 5) is 2.51. The lowest BCUT2D eigenvalue weighted by molar-refractivity contribution is 0.230. The van der Waals surface area contributed by atoms with E-state index in [1.807, 2.05) is 0 Å². The van der Waals surface area contributed by atoms with Crippen LogP contribution in [0.2, 0.25) is 0 Å². The molecule has 1 saturated heterocycles. The van der Waals surface area contributed by atoms with E-state index in [2.05, 4.69) is 55.7 Å². The molecule has 0 unspecified atom stereocenters. The molecule has 3 nitrogen and oxygen atoms in total. The molecule has 0 atom stereocenters. The molecule has 1 aliphatic rings.